The molecule has 1 aromatic rings. The molecule has 0 radical (unpaired) electrons. The summed E-state index contributed by atoms with van der Waals surface area (Å²) in [5, 5.41) is 18.7. The number of hydrogen-bond donors (Lipinski definition) is 2. The molecule has 0 bridgehead atoms. The number of rotatable bonds is 11. The Bertz CT molecular complexity index is 845. The molecule has 1 saturated heterocycles. The first-order valence-corrected chi connectivity index (χ1v) is 11.2. The van der Waals surface area contributed by atoms with Crippen LogP contribution in [0.25, 0.3) is 0 Å². The van der Waals surface area contributed by atoms with Crippen LogP contribution >= 0.6 is 8.53 Å². The van der Waals surface area contributed by atoms with Gasteiger partial charge in [-0.05, 0) is 27.7 Å². The highest BCUT2D eigenvalue weighted by molar-refractivity contribution is 7.44. The number of aliphatic hydroxyl groups excluding tert-OH is 1. The maximum atomic E-state index is 12.4. The van der Waals surface area contributed by atoms with E-state index in [1.807, 2.05) is 38.4 Å². The molecule has 1 aliphatic rings. The Morgan fingerprint density at radius 2 is 2.00 bits per heavy atom. The van der Waals surface area contributed by atoms with E-state index in [0.29, 0.717) is 0 Å². The lowest BCUT2D eigenvalue weighted by atomic mass is 10.1. The molecule has 0 amide bonds. The van der Waals surface area contributed by atoms with E-state index < -0.39 is 44.3 Å². The van der Waals surface area contributed by atoms with Crippen LogP contribution in [0.3, 0.4) is 0 Å². The zero-order valence-corrected chi connectivity index (χ0v) is 19.3. The lowest BCUT2D eigenvalue weighted by molar-refractivity contribution is -0.0561. The zero-order chi connectivity index (χ0) is 23.1. The molecule has 2 N–H and O–H groups in total. The number of aromatic nitrogens is 2. The van der Waals surface area contributed by atoms with E-state index in [4.69, 9.17) is 23.8 Å². The third kappa shape index (κ3) is 6.20. The summed E-state index contributed by atoms with van der Waals surface area (Å²) < 4.78 is 27.0. The second-order valence-corrected chi connectivity index (χ2v) is 8.99. The van der Waals surface area contributed by atoms with E-state index >= 15 is 0 Å². The topological polar surface area (TPSA) is 139 Å². The van der Waals surface area contributed by atoms with Crippen molar-refractivity contribution < 1.29 is 23.6 Å². The van der Waals surface area contributed by atoms with Gasteiger partial charge in [-0.2, -0.15) is 5.26 Å². The first-order valence-electron chi connectivity index (χ1n) is 10.1. The Balaban J connectivity index is 2.43. The smallest absolute Gasteiger partial charge is 0.330 e. The lowest BCUT2D eigenvalue weighted by Gasteiger charge is -2.38. The first kappa shape index (κ1) is 25.6. The Morgan fingerprint density at radius 3 is 2.52 bits per heavy atom. The molecule has 1 aliphatic heterocycles. The number of aliphatic hydroxyl groups is 1. The van der Waals surface area contributed by atoms with Gasteiger partial charge in [0.2, 0.25) is 0 Å². The van der Waals surface area contributed by atoms with Gasteiger partial charge in [0.05, 0.1) is 25.7 Å². The van der Waals surface area contributed by atoms with Crippen molar-refractivity contribution in [3.63, 3.8) is 0 Å². The summed E-state index contributed by atoms with van der Waals surface area (Å²) in [6.45, 7) is 7.85. The molecule has 11 nitrogen and oxygen atoms in total. The predicted molar refractivity (Wildman–Crippen MR) is 113 cm³/mol. The molecule has 174 valence electrons. The van der Waals surface area contributed by atoms with E-state index in [1.54, 1.807) is 0 Å². The quantitative estimate of drug-likeness (QED) is 0.369. The minimum Gasteiger partial charge on any atom is -0.394 e. The maximum Gasteiger partial charge on any atom is 0.330 e. The van der Waals surface area contributed by atoms with Gasteiger partial charge in [-0.3, -0.25) is 14.3 Å². The molecule has 2 rings (SSSR count). The maximum absolute atomic E-state index is 12.4. The predicted octanol–water partition coefficient (Wildman–Crippen LogP) is 1.10. The Labute approximate surface area is 182 Å². The molecule has 1 fully saturated rings. The molecular formula is C19H31N4O7P. The average Bonchev–Trinajstić information content (AvgIpc) is 3.04. The molecule has 0 aromatic carbocycles. The number of ether oxygens (including phenoxy) is 2. The fraction of sp³-hybridized carbons (Fsp3) is 0.737. The van der Waals surface area contributed by atoms with Crippen LogP contribution in [0.4, 0.5) is 0 Å². The van der Waals surface area contributed by atoms with Crippen molar-refractivity contribution >= 4 is 8.53 Å². The Kier molecular flexibility index (Phi) is 9.78. The number of aromatic amines is 1. The lowest BCUT2D eigenvalue weighted by Crippen LogP contribution is -2.42. The molecule has 0 aliphatic carbocycles. The molecule has 0 spiro atoms. The number of nitriles is 1. The van der Waals surface area contributed by atoms with Crippen molar-refractivity contribution in [1.29, 1.82) is 5.26 Å². The molecule has 12 heteroatoms. The van der Waals surface area contributed by atoms with Crippen molar-refractivity contribution in [2.75, 3.05) is 20.3 Å². The number of nitrogens with zero attached hydrogens (tertiary/aromatic N) is 3. The molecule has 2 unspecified atom stereocenters. The summed E-state index contributed by atoms with van der Waals surface area (Å²) in [4.78, 5) is 26.1. The minimum absolute atomic E-state index is 0.0689. The van der Waals surface area contributed by atoms with Gasteiger partial charge in [-0.25, -0.2) is 9.46 Å². The largest absolute Gasteiger partial charge is 0.394 e. The van der Waals surface area contributed by atoms with Crippen molar-refractivity contribution in [3.05, 3.63) is 33.1 Å². The highest BCUT2D eigenvalue weighted by atomic mass is 31.2. The van der Waals surface area contributed by atoms with Gasteiger partial charge in [-0.15, -0.1) is 0 Å². The number of methoxy groups -OCH3 is 1. The summed E-state index contributed by atoms with van der Waals surface area (Å²) in [6, 6.07) is 3.39. The summed E-state index contributed by atoms with van der Waals surface area (Å²) in [6.07, 6.45) is -1.71. The fourth-order valence-electron chi connectivity index (χ4n) is 3.50. The van der Waals surface area contributed by atoms with Gasteiger partial charge in [0, 0.05) is 31.5 Å². The van der Waals surface area contributed by atoms with Crippen molar-refractivity contribution in [2.24, 2.45) is 0 Å². The molecule has 2 heterocycles. The van der Waals surface area contributed by atoms with Crippen LogP contribution in [-0.4, -0.2) is 70.0 Å². The Hall–Kier alpha value is -1.64. The van der Waals surface area contributed by atoms with Crippen LogP contribution in [0.2, 0.25) is 0 Å². The van der Waals surface area contributed by atoms with Gasteiger partial charge in [0.15, 0.2) is 6.23 Å². The van der Waals surface area contributed by atoms with Crippen molar-refractivity contribution in [3.8, 4) is 6.07 Å². The van der Waals surface area contributed by atoms with E-state index in [1.165, 1.54) is 23.9 Å². The van der Waals surface area contributed by atoms with E-state index in [0.717, 1.165) is 0 Å². The molecular weight excluding hydrogens is 427 g/mol. The molecule has 5 atom stereocenters. The van der Waals surface area contributed by atoms with Gasteiger partial charge < -0.3 is 23.6 Å². The van der Waals surface area contributed by atoms with Crippen LogP contribution < -0.4 is 11.2 Å². The van der Waals surface area contributed by atoms with Gasteiger partial charge >= 0.3 is 5.69 Å². The zero-order valence-electron chi connectivity index (χ0n) is 18.4. The second kappa shape index (κ2) is 11.8. The summed E-state index contributed by atoms with van der Waals surface area (Å²) in [5.74, 6) is 0. The normalized spacial score (nSPS) is 24.8. The number of nitrogens with one attached hydrogen (secondary N) is 1. The molecule has 31 heavy (non-hydrogen) atoms. The Morgan fingerprint density at radius 1 is 1.32 bits per heavy atom. The van der Waals surface area contributed by atoms with E-state index in [9.17, 15) is 14.7 Å². The summed E-state index contributed by atoms with van der Waals surface area (Å²) >= 11 is 0. The van der Waals surface area contributed by atoms with Crippen molar-refractivity contribution in [2.45, 2.75) is 70.7 Å². The van der Waals surface area contributed by atoms with Crippen LogP contribution in [0.5, 0.6) is 0 Å². The summed E-state index contributed by atoms with van der Waals surface area (Å²) in [7, 11) is -0.197. The summed E-state index contributed by atoms with van der Waals surface area (Å²) in [5.41, 5.74) is -1.20. The number of H-pyrrole nitrogens is 1. The third-order valence-electron chi connectivity index (χ3n) is 4.74. The minimum atomic E-state index is -1.66. The van der Waals surface area contributed by atoms with E-state index in [-0.39, 0.29) is 31.7 Å². The third-order valence-corrected chi connectivity index (χ3v) is 6.87. The van der Waals surface area contributed by atoms with Crippen molar-refractivity contribution in [1.82, 2.24) is 14.2 Å². The van der Waals surface area contributed by atoms with Crippen LogP contribution in [-0.2, 0) is 18.5 Å². The molecule has 1 aromatic heterocycles. The fourth-order valence-corrected chi connectivity index (χ4v) is 5.24. The molecule has 0 saturated carbocycles. The van der Waals surface area contributed by atoms with Crippen LogP contribution in [0.1, 0.15) is 40.3 Å². The first-order chi connectivity index (χ1) is 14.7. The SMILES string of the molecule is COC1[C@@H](CO)O[C@@H](n2ccc(=O)[nH]c2=O)[C@H]1OP(OCCC#N)N(C(C)C)C(C)C. The van der Waals surface area contributed by atoms with E-state index in [2.05, 4.69) is 4.98 Å². The highest BCUT2D eigenvalue weighted by Gasteiger charge is 2.49. The highest BCUT2D eigenvalue weighted by Crippen LogP contribution is 2.50. The standard InChI is InChI=1S/C19H31N4O7P/c1-12(2)23(13(3)4)31(28-10-6-8-20)30-17-16(27-5)14(11-24)29-18(17)22-9-7-15(25)21-19(22)26/h7,9,12-14,16-18,24H,6,10-11H2,1-5H3,(H,21,25,26)/t14-,16?,17+,18-,31?/m1/s1. The average molecular weight is 458 g/mol. The van der Waals surface area contributed by atoms with Gasteiger partial charge in [0.1, 0.15) is 18.3 Å². The van der Waals surface area contributed by atoms with Gasteiger partial charge in [-0.1, -0.05) is 0 Å². The van der Waals surface area contributed by atoms with Crippen LogP contribution in [0, 0.1) is 11.3 Å². The van der Waals surface area contributed by atoms with Crippen LogP contribution in [0.15, 0.2) is 21.9 Å². The second-order valence-electron chi connectivity index (χ2n) is 7.58. The number of hydrogen-bond acceptors (Lipinski definition) is 9. The monoisotopic (exact) mass is 458 g/mol. The van der Waals surface area contributed by atoms with Gasteiger partial charge in [0.25, 0.3) is 14.1 Å².